The van der Waals surface area contributed by atoms with E-state index in [-0.39, 0.29) is 15.2 Å². The van der Waals surface area contributed by atoms with Gasteiger partial charge in [-0.15, -0.1) is 0 Å². The van der Waals surface area contributed by atoms with Crippen LogP contribution in [-0.2, 0) is 0 Å². The summed E-state index contributed by atoms with van der Waals surface area (Å²) in [6, 6.07) is 8.41. The molecule has 90 valence electrons. The first kappa shape index (κ1) is 12.4. The molecular formula is C11H5ClN2O3S. The van der Waals surface area contributed by atoms with E-state index in [1.165, 1.54) is 6.07 Å². The molecule has 0 atom stereocenters. The van der Waals surface area contributed by atoms with Crippen LogP contribution in [0.25, 0.3) is 0 Å². The van der Waals surface area contributed by atoms with Crippen molar-refractivity contribution < 1.29 is 14.6 Å². The summed E-state index contributed by atoms with van der Waals surface area (Å²) >= 11 is 6.48. The maximum atomic E-state index is 10.8. The van der Waals surface area contributed by atoms with E-state index < -0.39 is 5.97 Å². The average Bonchev–Trinajstić information content (AvgIpc) is 2.70. The number of thiazole rings is 1. The van der Waals surface area contributed by atoms with Crippen LogP contribution in [-0.4, -0.2) is 16.1 Å². The number of hydrogen-bond acceptors (Lipinski definition) is 5. The average molecular weight is 281 g/mol. The molecule has 0 bridgehead atoms. The molecule has 0 aliphatic rings. The quantitative estimate of drug-likeness (QED) is 0.933. The van der Waals surface area contributed by atoms with Crippen LogP contribution < -0.4 is 4.74 Å². The van der Waals surface area contributed by atoms with Crippen molar-refractivity contribution >= 4 is 28.9 Å². The predicted octanol–water partition coefficient (Wildman–Crippen LogP) is 3.16. The lowest BCUT2D eigenvalue weighted by Crippen LogP contribution is -1.91. The molecule has 1 aromatic carbocycles. The zero-order valence-electron chi connectivity index (χ0n) is 8.75. The normalized spacial score (nSPS) is 9.78. The van der Waals surface area contributed by atoms with E-state index in [9.17, 15) is 4.79 Å². The van der Waals surface area contributed by atoms with E-state index in [2.05, 4.69) is 4.98 Å². The van der Waals surface area contributed by atoms with Crippen LogP contribution in [0.4, 0.5) is 0 Å². The van der Waals surface area contributed by atoms with Gasteiger partial charge in [0.1, 0.15) is 5.75 Å². The molecule has 5 nitrogen and oxygen atoms in total. The minimum absolute atomic E-state index is 0.0805. The molecule has 1 N–H and O–H groups in total. The Hall–Kier alpha value is -2.10. The van der Waals surface area contributed by atoms with Gasteiger partial charge in [-0.25, -0.2) is 4.79 Å². The van der Waals surface area contributed by atoms with Crippen molar-refractivity contribution in [2.75, 3.05) is 0 Å². The molecule has 0 unspecified atom stereocenters. The van der Waals surface area contributed by atoms with Crippen LogP contribution in [0.2, 0.25) is 5.15 Å². The molecule has 1 heterocycles. The molecule has 0 spiro atoms. The molecular weight excluding hydrogens is 276 g/mol. The molecule has 0 fully saturated rings. The van der Waals surface area contributed by atoms with E-state index in [0.29, 0.717) is 11.3 Å². The smallest absolute Gasteiger partial charge is 0.349 e. The van der Waals surface area contributed by atoms with Crippen LogP contribution in [0.1, 0.15) is 15.2 Å². The fourth-order valence-electron chi connectivity index (χ4n) is 1.19. The molecule has 0 radical (unpaired) electrons. The van der Waals surface area contributed by atoms with Crippen LogP contribution in [0.3, 0.4) is 0 Å². The van der Waals surface area contributed by atoms with Crippen molar-refractivity contribution in [2.24, 2.45) is 0 Å². The lowest BCUT2D eigenvalue weighted by atomic mass is 10.2. The SMILES string of the molecule is N#Cc1cccc(Oc2nc(Cl)c(C(=O)O)s2)c1. The van der Waals surface area contributed by atoms with Crippen LogP contribution in [0.15, 0.2) is 24.3 Å². The number of halogens is 1. The highest BCUT2D eigenvalue weighted by molar-refractivity contribution is 7.15. The maximum Gasteiger partial charge on any atom is 0.349 e. The standard InChI is InChI=1S/C11H5ClN2O3S/c12-9-8(10(15)16)18-11(14-9)17-7-3-1-2-6(4-7)5-13/h1-4H,(H,15,16). The summed E-state index contributed by atoms with van der Waals surface area (Å²) in [5.41, 5.74) is 0.439. The molecule has 2 rings (SSSR count). The highest BCUT2D eigenvalue weighted by Gasteiger charge is 2.16. The second-order valence-corrected chi connectivity index (χ2v) is 4.47. The molecule has 7 heteroatoms. The maximum absolute atomic E-state index is 10.8. The van der Waals surface area contributed by atoms with E-state index in [1.807, 2.05) is 6.07 Å². The van der Waals surface area contributed by atoms with Gasteiger partial charge in [-0.05, 0) is 18.2 Å². The van der Waals surface area contributed by atoms with Gasteiger partial charge in [0.2, 0.25) is 0 Å². The Kier molecular flexibility index (Phi) is 3.46. The molecule has 0 aliphatic heterocycles. The molecule has 18 heavy (non-hydrogen) atoms. The Morgan fingerprint density at radius 3 is 2.94 bits per heavy atom. The summed E-state index contributed by atoms with van der Waals surface area (Å²) in [5, 5.41) is 17.6. The number of carbonyl (C=O) groups is 1. The monoisotopic (exact) mass is 280 g/mol. The fraction of sp³-hybridized carbons (Fsp3) is 0. The third-order valence-corrected chi connectivity index (χ3v) is 3.24. The Morgan fingerprint density at radius 1 is 1.56 bits per heavy atom. The van der Waals surface area contributed by atoms with Gasteiger partial charge < -0.3 is 9.84 Å². The summed E-state index contributed by atoms with van der Waals surface area (Å²) in [7, 11) is 0. The van der Waals surface area contributed by atoms with E-state index >= 15 is 0 Å². The lowest BCUT2D eigenvalue weighted by Gasteiger charge is -2.00. The number of aromatic carboxylic acids is 1. The number of ether oxygens (including phenoxy) is 1. The summed E-state index contributed by atoms with van der Waals surface area (Å²) in [6.07, 6.45) is 0. The van der Waals surface area contributed by atoms with Gasteiger partial charge in [-0.3, -0.25) is 0 Å². The largest absolute Gasteiger partial charge is 0.477 e. The fourth-order valence-corrected chi connectivity index (χ4v) is 2.18. The van der Waals surface area contributed by atoms with E-state index in [0.717, 1.165) is 11.3 Å². The number of carboxylic acids is 1. The van der Waals surface area contributed by atoms with Crippen molar-refractivity contribution in [3.05, 3.63) is 39.9 Å². The molecule has 0 saturated carbocycles. The third kappa shape index (κ3) is 2.59. The van der Waals surface area contributed by atoms with Crippen molar-refractivity contribution in [2.45, 2.75) is 0 Å². The molecule has 0 aliphatic carbocycles. The highest BCUT2D eigenvalue weighted by Crippen LogP contribution is 2.32. The summed E-state index contributed by atoms with van der Waals surface area (Å²) < 4.78 is 5.34. The second kappa shape index (κ2) is 5.04. The topological polar surface area (TPSA) is 83.2 Å². The summed E-state index contributed by atoms with van der Waals surface area (Å²) in [6.45, 7) is 0. The molecule has 0 amide bonds. The van der Waals surface area contributed by atoms with Gasteiger partial charge in [0.15, 0.2) is 10.0 Å². The zero-order valence-corrected chi connectivity index (χ0v) is 10.3. The molecule has 1 aromatic heterocycles. The van der Waals surface area contributed by atoms with Gasteiger partial charge in [0.05, 0.1) is 11.6 Å². The predicted molar refractivity (Wildman–Crippen MR) is 65.3 cm³/mol. The first-order chi connectivity index (χ1) is 8.60. The van der Waals surface area contributed by atoms with Crippen LogP contribution in [0, 0.1) is 11.3 Å². The minimum atomic E-state index is -1.15. The Balaban J connectivity index is 2.26. The number of benzene rings is 1. The summed E-state index contributed by atoms with van der Waals surface area (Å²) in [5.74, 6) is -0.755. The second-order valence-electron chi connectivity index (χ2n) is 3.15. The molecule has 2 aromatic rings. The van der Waals surface area contributed by atoms with Gasteiger partial charge in [0.25, 0.3) is 5.19 Å². The van der Waals surface area contributed by atoms with Crippen LogP contribution in [0.5, 0.6) is 10.9 Å². The Labute approximate surface area is 111 Å². The number of nitrogens with zero attached hydrogens (tertiary/aromatic N) is 2. The van der Waals surface area contributed by atoms with Gasteiger partial charge in [-0.2, -0.15) is 10.2 Å². The molecule has 0 saturated heterocycles. The zero-order chi connectivity index (χ0) is 13.1. The lowest BCUT2D eigenvalue weighted by molar-refractivity contribution is 0.0702. The Bertz CT molecular complexity index is 648. The first-order valence-corrected chi connectivity index (χ1v) is 5.87. The number of hydrogen-bond donors (Lipinski definition) is 1. The van der Waals surface area contributed by atoms with Crippen LogP contribution >= 0.6 is 22.9 Å². The number of nitriles is 1. The van der Waals surface area contributed by atoms with Crippen molar-refractivity contribution in [1.29, 1.82) is 5.26 Å². The van der Waals surface area contributed by atoms with Crippen molar-refractivity contribution in [1.82, 2.24) is 4.98 Å². The van der Waals surface area contributed by atoms with E-state index in [4.69, 9.17) is 26.7 Å². The number of rotatable bonds is 3. The number of carboxylic acid groups (broad SMARTS) is 1. The minimum Gasteiger partial charge on any atom is -0.477 e. The van der Waals surface area contributed by atoms with E-state index in [1.54, 1.807) is 18.2 Å². The van der Waals surface area contributed by atoms with Gasteiger partial charge >= 0.3 is 5.97 Å². The highest BCUT2D eigenvalue weighted by atomic mass is 35.5. The number of aromatic nitrogens is 1. The van der Waals surface area contributed by atoms with Crippen molar-refractivity contribution in [3.8, 4) is 17.0 Å². The van der Waals surface area contributed by atoms with Crippen molar-refractivity contribution in [3.63, 3.8) is 0 Å². The van der Waals surface area contributed by atoms with Gasteiger partial charge in [-0.1, -0.05) is 29.0 Å². The first-order valence-electron chi connectivity index (χ1n) is 4.68. The van der Waals surface area contributed by atoms with Gasteiger partial charge in [0, 0.05) is 0 Å². The summed E-state index contributed by atoms with van der Waals surface area (Å²) in [4.78, 5) is 14.5. The third-order valence-electron chi connectivity index (χ3n) is 1.93. The Morgan fingerprint density at radius 2 is 2.33 bits per heavy atom.